The van der Waals surface area contributed by atoms with E-state index in [2.05, 4.69) is 16.1 Å². The molecule has 0 atom stereocenters. The van der Waals surface area contributed by atoms with Crippen LogP contribution in [0, 0.1) is 11.6 Å². The minimum Gasteiger partial charge on any atom is -0.429 e. The first-order valence-corrected chi connectivity index (χ1v) is 12.6. The van der Waals surface area contributed by atoms with E-state index < -0.39 is 53.9 Å². The third-order valence-electron chi connectivity index (χ3n) is 6.14. The van der Waals surface area contributed by atoms with Gasteiger partial charge in [0.15, 0.2) is 11.6 Å². The van der Waals surface area contributed by atoms with Gasteiger partial charge >= 0.3 is 18.6 Å². The van der Waals surface area contributed by atoms with Gasteiger partial charge in [-0.15, -0.1) is 19.8 Å². The number of hydrogen-bond acceptors (Lipinski definition) is 5. The molecule has 3 aromatic carbocycles. The van der Waals surface area contributed by atoms with Crippen molar-refractivity contribution in [2.24, 2.45) is 0 Å². The molecule has 232 valence electrons. The van der Waals surface area contributed by atoms with Gasteiger partial charge in [0, 0.05) is 18.1 Å². The highest BCUT2D eigenvalue weighted by atomic mass is 19.4. The minimum atomic E-state index is -5.43. The predicted octanol–water partition coefficient (Wildman–Crippen LogP) is 8.24. The lowest BCUT2D eigenvalue weighted by atomic mass is 10.0. The van der Waals surface area contributed by atoms with Crippen LogP contribution in [0.4, 0.5) is 39.5 Å². The fourth-order valence-corrected chi connectivity index (χ4v) is 4.05. The molecule has 0 radical (unpaired) electrons. The average Bonchev–Trinajstić information content (AvgIpc) is 2.94. The lowest BCUT2D eigenvalue weighted by Gasteiger charge is -2.33. The third-order valence-corrected chi connectivity index (χ3v) is 6.14. The topological polar surface area (TPSA) is 46.2 Å². The molecule has 0 aliphatic carbocycles. The molecular formula is C29H23F9O5. The van der Waals surface area contributed by atoms with Crippen LogP contribution in [0.3, 0.4) is 0 Å². The summed E-state index contributed by atoms with van der Waals surface area (Å²) in [6.07, 6.45) is -12.6. The molecule has 5 nitrogen and oxygen atoms in total. The highest BCUT2D eigenvalue weighted by molar-refractivity contribution is 5.35. The van der Waals surface area contributed by atoms with E-state index in [1.165, 1.54) is 36.4 Å². The van der Waals surface area contributed by atoms with E-state index in [9.17, 15) is 39.5 Å². The molecule has 0 N–H and O–H groups in total. The number of benzene rings is 3. The summed E-state index contributed by atoms with van der Waals surface area (Å²) < 4.78 is 145. The number of hydrogen-bond donors (Lipinski definition) is 0. The van der Waals surface area contributed by atoms with Crippen LogP contribution < -0.4 is 14.2 Å². The van der Waals surface area contributed by atoms with Gasteiger partial charge in [-0.3, -0.25) is 0 Å². The van der Waals surface area contributed by atoms with E-state index in [0.717, 1.165) is 5.56 Å². The van der Waals surface area contributed by atoms with Crippen molar-refractivity contribution in [3.8, 4) is 17.2 Å². The van der Waals surface area contributed by atoms with Crippen molar-refractivity contribution in [1.29, 1.82) is 0 Å². The molecule has 1 heterocycles. The monoisotopic (exact) mass is 622 g/mol. The zero-order valence-corrected chi connectivity index (χ0v) is 22.0. The van der Waals surface area contributed by atoms with Crippen molar-refractivity contribution in [3.05, 3.63) is 102 Å². The van der Waals surface area contributed by atoms with Gasteiger partial charge in [-0.1, -0.05) is 30.3 Å². The summed E-state index contributed by atoms with van der Waals surface area (Å²) in [6.45, 7) is 2.92. The fourth-order valence-electron chi connectivity index (χ4n) is 4.05. The summed E-state index contributed by atoms with van der Waals surface area (Å²) in [4.78, 5) is 0. The SMILES string of the molecule is C=CCCc1ccc(C(F)(F)Oc2ccc(C3COC(C(F)(F)Oc4cc(F)c(OC(F)(F)F)c(F)c4)OC3)cc2)cc1. The molecule has 4 rings (SSSR count). The highest BCUT2D eigenvalue weighted by Crippen LogP contribution is 2.37. The Morgan fingerprint density at radius 1 is 0.767 bits per heavy atom. The van der Waals surface area contributed by atoms with Gasteiger partial charge in [0.1, 0.15) is 11.5 Å². The van der Waals surface area contributed by atoms with E-state index in [1.54, 1.807) is 18.2 Å². The van der Waals surface area contributed by atoms with E-state index in [0.29, 0.717) is 18.4 Å². The van der Waals surface area contributed by atoms with Crippen molar-refractivity contribution in [1.82, 2.24) is 0 Å². The third kappa shape index (κ3) is 8.35. The van der Waals surface area contributed by atoms with Gasteiger partial charge in [0.25, 0.3) is 6.29 Å². The Bertz CT molecular complexity index is 1360. The first kappa shape index (κ1) is 32.0. The molecule has 43 heavy (non-hydrogen) atoms. The molecule has 0 bridgehead atoms. The molecular weight excluding hydrogens is 599 g/mol. The van der Waals surface area contributed by atoms with Crippen molar-refractivity contribution in [3.63, 3.8) is 0 Å². The number of rotatable bonds is 11. The Morgan fingerprint density at radius 3 is 1.88 bits per heavy atom. The lowest BCUT2D eigenvalue weighted by Crippen LogP contribution is -2.47. The van der Waals surface area contributed by atoms with Gasteiger partial charge in [-0.2, -0.15) is 17.6 Å². The Balaban J connectivity index is 1.33. The van der Waals surface area contributed by atoms with Gasteiger partial charge in [-0.25, -0.2) is 8.78 Å². The zero-order valence-electron chi connectivity index (χ0n) is 22.0. The fraction of sp³-hybridized carbons (Fsp3) is 0.310. The Labute approximate surface area is 239 Å². The van der Waals surface area contributed by atoms with Crippen LogP contribution in [0.15, 0.2) is 73.3 Å². The second-order valence-electron chi connectivity index (χ2n) is 9.34. The van der Waals surface area contributed by atoms with E-state index in [1.807, 2.05) is 0 Å². The standard InChI is InChI=1S/C29H23F9O5/c1-2-3-4-17-5-9-20(10-6-17)27(32,33)41-21-11-7-18(8-12-21)19-15-39-26(40-16-19)28(34,35)42-22-13-23(30)25(24(31)14-22)43-29(36,37)38/h2,5-14,19,26H,1,3-4,15-16H2. The molecule has 1 aliphatic rings. The highest BCUT2D eigenvalue weighted by Gasteiger charge is 2.48. The second-order valence-corrected chi connectivity index (χ2v) is 9.34. The summed E-state index contributed by atoms with van der Waals surface area (Å²) >= 11 is 0. The van der Waals surface area contributed by atoms with Gasteiger partial charge < -0.3 is 23.7 Å². The summed E-state index contributed by atoms with van der Waals surface area (Å²) in [7, 11) is 0. The number of allylic oxidation sites excluding steroid dienone is 1. The first-order valence-electron chi connectivity index (χ1n) is 12.6. The lowest BCUT2D eigenvalue weighted by molar-refractivity contribution is -0.347. The summed E-state index contributed by atoms with van der Waals surface area (Å²) in [6, 6.07) is 11.2. The van der Waals surface area contributed by atoms with Gasteiger partial charge in [0.05, 0.1) is 18.8 Å². The van der Waals surface area contributed by atoms with Crippen molar-refractivity contribution in [2.45, 2.75) is 43.6 Å². The number of ether oxygens (including phenoxy) is 5. The van der Waals surface area contributed by atoms with Crippen LogP contribution in [0.25, 0.3) is 0 Å². The molecule has 0 aromatic heterocycles. The van der Waals surface area contributed by atoms with Crippen molar-refractivity contribution in [2.75, 3.05) is 13.2 Å². The van der Waals surface area contributed by atoms with Gasteiger partial charge in [0.2, 0.25) is 5.75 Å². The second kappa shape index (κ2) is 12.8. The van der Waals surface area contributed by atoms with Crippen LogP contribution in [0.2, 0.25) is 0 Å². The molecule has 1 fully saturated rings. The minimum absolute atomic E-state index is 0.0796. The predicted molar refractivity (Wildman–Crippen MR) is 133 cm³/mol. The Hall–Kier alpha value is -3.91. The largest absolute Gasteiger partial charge is 0.573 e. The smallest absolute Gasteiger partial charge is 0.429 e. The summed E-state index contributed by atoms with van der Waals surface area (Å²) in [5.41, 5.74) is 0.997. The van der Waals surface area contributed by atoms with Crippen LogP contribution in [0.1, 0.15) is 29.0 Å². The molecule has 0 saturated carbocycles. The van der Waals surface area contributed by atoms with Gasteiger partial charge in [-0.05, 0) is 48.2 Å². The maximum absolute atomic E-state index is 14.7. The van der Waals surface area contributed by atoms with Crippen LogP contribution >= 0.6 is 0 Å². The number of alkyl halides is 7. The Morgan fingerprint density at radius 2 is 1.35 bits per heavy atom. The van der Waals surface area contributed by atoms with Crippen molar-refractivity contribution >= 4 is 0 Å². The molecule has 0 unspecified atom stereocenters. The number of halogens is 9. The average molecular weight is 622 g/mol. The molecule has 0 amide bonds. The van der Waals surface area contributed by atoms with Crippen molar-refractivity contribution < 1.29 is 63.2 Å². The zero-order chi connectivity index (χ0) is 31.4. The molecule has 0 spiro atoms. The van der Waals surface area contributed by atoms with Crippen LogP contribution in [-0.4, -0.2) is 32.0 Å². The summed E-state index contributed by atoms with van der Waals surface area (Å²) in [5.74, 6) is -7.64. The summed E-state index contributed by atoms with van der Waals surface area (Å²) in [5, 5.41) is 0. The molecule has 14 heteroatoms. The van der Waals surface area contributed by atoms with E-state index in [-0.39, 0.29) is 36.7 Å². The maximum atomic E-state index is 14.7. The molecule has 1 aliphatic heterocycles. The quantitative estimate of drug-likeness (QED) is 0.159. The van der Waals surface area contributed by atoms with E-state index >= 15 is 0 Å². The van der Waals surface area contributed by atoms with E-state index in [4.69, 9.17) is 14.2 Å². The molecule has 1 saturated heterocycles. The van der Waals surface area contributed by atoms with Crippen LogP contribution in [0.5, 0.6) is 17.2 Å². The maximum Gasteiger partial charge on any atom is 0.573 e. The number of aryl methyl sites for hydroxylation is 1. The van der Waals surface area contributed by atoms with Crippen LogP contribution in [-0.2, 0) is 22.0 Å². The molecule has 3 aromatic rings. The Kier molecular flexibility index (Phi) is 9.50. The normalized spacial score (nSPS) is 17.8. The first-order chi connectivity index (χ1) is 20.2.